The number of nitrogens with zero attached hydrogens (tertiary/aromatic N) is 3. The number of rotatable bonds is 4. The standard InChI is InChI=1S/C15H19N5O/c1-9(2)11-5-3-10(4-6-11)7-21-14-12-13(18-8-17-12)19-15(16)20-14/h3,8,11H,1,4-7H2,2H3,(H3,16,17,18,19,20). The third-order valence-corrected chi connectivity index (χ3v) is 3.87. The van der Waals surface area contributed by atoms with Gasteiger partial charge in [0.2, 0.25) is 11.8 Å². The second kappa shape index (κ2) is 5.55. The van der Waals surface area contributed by atoms with E-state index in [0.717, 1.165) is 19.3 Å². The first-order chi connectivity index (χ1) is 10.1. The monoisotopic (exact) mass is 285 g/mol. The van der Waals surface area contributed by atoms with Gasteiger partial charge in [-0.15, -0.1) is 0 Å². The van der Waals surface area contributed by atoms with Crippen LogP contribution in [0.5, 0.6) is 5.88 Å². The van der Waals surface area contributed by atoms with Crippen molar-refractivity contribution >= 4 is 17.1 Å². The van der Waals surface area contributed by atoms with E-state index in [1.54, 1.807) is 6.33 Å². The molecule has 0 bridgehead atoms. The zero-order valence-electron chi connectivity index (χ0n) is 12.1. The van der Waals surface area contributed by atoms with Crippen LogP contribution in [-0.4, -0.2) is 26.5 Å². The highest BCUT2D eigenvalue weighted by molar-refractivity contribution is 5.76. The number of nitrogens with one attached hydrogen (secondary N) is 1. The van der Waals surface area contributed by atoms with Gasteiger partial charge in [-0.2, -0.15) is 9.97 Å². The molecule has 1 unspecified atom stereocenters. The Kier molecular flexibility index (Phi) is 3.60. The molecular formula is C15H19N5O. The summed E-state index contributed by atoms with van der Waals surface area (Å²) in [6.07, 6.45) is 7.01. The molecule has 2 heterocycles. The SMILES string of the molecule is C=C(C)C1CC=C(COc2nc(N)nc3nc[nH]c23)CC1. The molecule has 6 nitrogen and oxygen atoms in total. The van der Waals surface area contributed by atoms with E-state index in [9.17, 15) is 0 Å². The van der Waals surface area contributed by atoms with Gasteiger partial charge in [-0.3, -0.25) is 0 Å². The van der Waals surface area contributed by atoms with Crippen LogP contribution in [-0.2, 0) is 0 Å². The van der Waals surface area contributed by atoms with Crippen molar-refractivity contribution in [2.75, 3.05) is 12.3 Å². The van der Waals surface area contributed by atoms with E-state index in [-0.39, 0.29) is 5.95 Å². The summed E-state index contributed by atoms with van der Waals surface area (Å²) >= 11 is 0. The van der Waals surface area contributed by atoms with Crippen molar-refractivity contribution in [2.24, 2.45) is 5.92 Å². The number of H-pyrrole nitrogens is 1. The average Bonchev–Trinajstić information content (AvgIpc) is 2.93. The smallest absolute Gasteiger partial charge is 0.245 e. The fourth-order valence-corrected chi connectivity index (χ4v) is 2.56. The number of hydrogen-bond donors (Lipinski definition) is 2. The normalized spacial score (nSPS) is 18.5. The molecule has 21 heavy (non-hydrogen) atoms. The number of allylic oxidation sites excluding steroid dienone is 2. The first kappa shape index (κ1) is 13.6. The largest absolute Gasteiger partial charge is 0.471 e. The minimum absolute atomic E-state index is 0.171. The number of fused-ring (bicyclic) bond motifs is 1. The Hall–Kier alpha value is -2.37. The quantitative estimate of drug-likeness (QED) is 0.843. The van der Waals surface area contributed by atoms with E-state index in [4.69, 9.17) is 10.5 Å². The highest BCUT2D eigenvalue weighted by Crippen LogP contribution is 2.29. The van der Waals surface area contributed by atoms with Crippen molar-refractivity contribution in [1.29, 1.82) is 0 Å². The molecule has 2 aromatic rings. The van der Waals surface area contributed by atoms with Crippen LogP contribution in [0.15, 0.2) is 30.1 Å². The van der Waals surface area contributed by atoms with E-state index in [1.165, 1.54) is 11.1 Å². The third kappa shape index (κ3) is 2.89. The number of nitrogens with two attached hydrogens (primary N) is 1. The zero-order chi connectivity index (χ0) is 14.8. The number of anilines is 1. The van der Waals surface area contributed by atoms with Crippen molar-refractivity contribution in [3.8, 4) is 5.88 Å². The predicted octanol–water partition coefficient (Wildman–Crippen LogP) is 2.62. The van der Waals surface area contributed by atoms with Crippen LogP contribution < -0.4 is 10.5 Å². The summed E-state index contributed by atoms with van der Waals surface area (Å²) in [6, 6.07) is 0. The lowest BCUT2D eigenvalue weighted by Gasteiger charge is -2.22. The summed E-state index contributed by atoms with van der Waals surface area (Å²) < 4.78 is 5.80. The fourth-order valence-electron chi connectivity index (χ4n) is 2.56. The maximum absolute atomic E-state index is 5.80. The molecule has 0 amide bonds. The Balaban J connectivity index is 1.70. The van der Waals surface area contributed by atoms with Crippen molar-refractivity contribution in [1.82, 2.24) is 19.9 Å². The van der Waals surface area contributed by atoms with Crippen molar-refractivity contribution in [3.05, 3.63) is 30.1 Å². The Morgan fingerprint density at radius 1 is 1.52 bits per heavy atom. The zero-order valence-corrected chi connectivity index (χ0v) is 12.1. The highest BCUT2D eigenvalue weighted by atomic mass is 16.5. The molecule has 2 aromatic heterocycles. The van der Waals surface area contributed by atoms with Gasteiger partial charge >= 0.3 is 0 Å². The van der Waals surface area contributed by atoms with Crippen LogP contribution in [0, 0.1) is 5.92 Å². The lowest BCUT2D eigenvalue weighted by atomic mass is 9.86. The molecule has 110 valence electrons. The van der Waals surface area contributed by atoms with Gasteiger partial charge in [-0.1, -0.05) is 18.2 Å². The van der Waals surface area contributed by atoms with E-state index in [2.05, 4.69) is 39.5 Å². The minimum atomic E-state index is 0.171. The summed E-state index contributed by atoms with van der Waals surface area (Å²) in [7, 11) is 0. The summed E-state index contributed by atoms with van der Waals surface area (Å²) in [5.41, 5.74) is 9.42. The molecule has 1 atom stereocenters. The first-order valence-corrected chi connectivity index (χ1v) is 7.06. The Labute approximate surface area is 123 Å². The van der Waals surface area contributed by atoms with Crippen LogP contribution >= 0.6 is 0 Å². The molecule has 1 aliphatic rings. The van der Waals surface area contributed by atoms with E-state index in [1.807, 2.05) is 0 Å². The Morgan fingerprint density at radius 3 is 3.10 bits per heavy atom. The van der Waals surface area contributed by atoms with Gasteiger partial charge in [0.1, 0.15) is 12.1 Å². The van der Waals surface area contributed by atoms with Crippen LogP contribution in [0.4, 0.5) is 5.95 Å². The van der Waals surface area contributed by atoms with E-state index in [0.29, 0.717) is 29.6 Å². The van der Waals surface area contributed by atoms with Gasteiger partial charge in [0.25, 0.3) is 0 Å². The summed E-state index contributed by atoms with van der Waals surface area (Å²) in [5.74, 6) is 1.23. The molecular weight excluding hydrogens is 266 g/mol. The number of aromatic nitrogens is 4. The molecule has 3 rings (SSSR count). The van der Waals surface area contributed by atoms with Crippen molar-refractivity contribution in [2.45, 2.75) is 26.2 Å². The van der Waals surface area contributed by atoms with E-state index >= 15 is 0 Å². The third-order valence-electron chi connectivity index (χ3n) is 3.87. The van der Waals surface area contributed by atoms with Gasteiger partial charge in [-0.05, 0) is 37.7 Å². The average molecular weight is 285 g/mol. The molecule has 3 N–H and O–H groups in total. The molecule has 0 saturated heterocycles. The van der Waals surface area contributed by atoms with Gasteiger partial charge in [0.15, 0.2) is 5.65 Å². The fraction of sp³-hybridized carbons (Fsp3) is 0.400. The Bertz CT molecular complexity index is 703. The van der Waals surface area contributed by atoms with Gasteiger partial charge in [0, 0.05) is 0 Å². The molecule has 0 radical (unpaired) electrons. The van der Waals surface area contributed by atoms with Gasteiger partial charge in [0.05, 0.1) is 6.33 Å². The number of nitrogen functional groups attached to an aromatic ring is 1. The van der Waals surface area contributed by atoms with Crippen LogP contribution in [0.1, 0.15) is 26.2 Å². The summed E-state index contributed by atoms with van der Waals surface area (Å²) in [5, 5.41) is 0. The van der Waals surface area contributed by atoms with E-state index < -0.39 is 0 Å². The van der Waals surface area contributed by atoms with Crippen LogP contribution in [0.25, 0.3) is 11.2 Å². The highest BCUT2D eigenvalue weighted by Gasteiger charge is 2.16. The second-order valence-corrected chi connectivity index (χ2v) is 5.46. The van der Waals surface area contributed by atoms with Crippen molar-refractivity contribution < 1.29 is 4.74 Å². The number of imidazole rings is 1. The topological polar surface area (TPSA) is 89.7 Å². The molecule has 0 spiro atoms. The lowest BCUT2D eigenvalue weighted by molar-refractivity contribution is 0.330. The molecule has 0 aliphatic heterocycles. The van der Waals surface area contributed by atoms with Gasteiger partial charge < -0.3 is 15.5 Å². The first-order valence-electron chi connectivity index (χ1n) is 7.06. The molecule has 0 saturated carbocycles. The summed E-state index contributed by atoms with van der Waals surface area (Å²) in [6.45, 7) is 6.65. The minimum Gasteiger partial charge on any atom is -0.471 e. The van der Waals surface area contributed by atoms with Gasteiger partial charge in [-0.25, -0.2) is 4.98 Å². The van der Waals surface area contributed by atoms with Crippen LogP contribution in [0.2, 0.25) is 0 Å². The number of hydrogen-bond acceptors (Lipinski definition) is 5. The van der Waals surface area contributed by atoms with Crippen LogP contribution in [0.3, 0.4) is 0 Å². The number of ether oxygens (including phenoxy) is 1. The van der Waals surface area contributed by atoms with Crippen molar-refractivity contribution in [3.63, 3.8) is 0 Å². The second-order valence-electron chi connectivity index (χ2n) is 5.46. The molecule has 1 aliphatic carbocycles. The number of aromatic amines is 1. The lowest BCUT2D eigenvalue weighted by Crippen LogP contribution is -2.12. The predicted molar refractivity (Wildman–Crippen MR) is 81.8 cm³/mol. The summed E-state index contributed by atoms with van der Waals surface area (Å²) in [4.78, 5) is 15.2. The maximum Gasteiger partial charge on any atom is 0.245 e. The molecule has 6 heteroatoms. The maximum atomic E-state index is 5.80. The molecule has 0 aromatic carbocycles. The Morgan fingerprint density at radius 2 is 2.38 bits per heavy atom. The molecule has 0 fully saturated rings.